The zero-order chi connectivity index (χ0) is 22.1. The van der Waals surface area contributed by atoms with E-state index in [-0.39, 0.29) is 28.2 Å². The highest BCUT2D eigenvalue weighted by molar-refractivity contribution is 7.18. The largest absolute Gasteiger partial charge is 0.307 e. The highest BCUT2D eigenvalue weighted by Crippen LogP contribution is 2.41. The Kier molecular flexibility index (Phi) is 4.36. The molecule has 0 atom stereocenters. The second kappa shape index (κ2) is 6.67. The minimum absolute atomic E-state index is 0.0227. The quantitative estimate of drug-likeness (QED) is 0.489. The molecule has 0 aromatic carbocycles. The highest BCUT2D eigenvalue weighted by Gasteiger charge is 2.39. The fourth-order valence-corrected chi connectivity index (χ4v) is 6.01. The van der Waals surface area contributed by atoms with Crippen LogP contribution in [-0.2, 0) is 0 Å². The van der Waals surface area contributed by atoms with E-state index in [1.807, 2.05) is 0 Å². The second-order valence-electron chi connectivity index (χ2n) is 9.81. The standard InChI is InChI=1S/C22H25FN6OS/c1-11-9-29-10-12(6-14(23)17(29)24-11)16-26-18(30)15-20(27-16)31-19(25-15)13-7-21(2,3)28-22(4,5)8-13/h6,9-10,13,28H,7-8H2,1-5H3,(H,26,27,30). The Morgan fingerprint density at radius 3 is 2.55 bits per heavy atom. The van der Waals surface area contributed by atoms with Gasteiger partial charge in [0.25, 0.3) is 5.56 Å². The van der Waals surface area contributed by atoms with Crippen molar-refractivity contribution in [3.8, 4) is 11.4 Å². The Bertz CT molecular complexity index is 1370. The minimum Gasteiger partial charge on any atom is -0.307 e. The molecule has 2 N–H and O–H groups in total. The molecule has 1 fully saturated rings. The van der Waals surface area contributed by atoms with Gasteiger partial charge in [-0.25, -0.2) is 19.3 Å². The highest BCUT2D eigenvalue weighted by atomic mass is 32.1. The fraction of sp³-hybridized carbons (Fsp3) is 0.455. The van der Waals surface area contributed by atoms with Crippen LogP contribution in [0.2, 0.25) is 0 Å². The molecule has 162 valence electrons. The van der Waals surface area contributed by atoms with Gasteiger partial charge in [0.15, 0.2) is 21.8 Å². The summed E-state index contributed by atoms with van der Waals surface area (Å²) in [6, 6.07) is 1.35. The maximum absolute atomic E-state index is 14.5. The van der Waals surface area contributed by atoms with Crippen LogP contribution in [0.1, 0.15) is 57.2 Å². The normalized spacial score (nSPS) is 18.8. The lowest BCUT2D eigenvalue weighted by molar-refractivity contribution is 0.161. The SMILES string of the molecule is Cc1cn2cc(-c3nc4sc(C5CC(C)(C)NC(C)(C)C5)nc4c(=O)[nH]3)cc(F)c2n1. The van der Waals surface area contributed by atoms with E-state index in [9.17, 15) is 9.18 Å². The minimum atomic E-state index is -0.461. The summed E-state index contributed by atoms with van der Waals surface area (Å²) in [6.45, 7) is 10.6. The number of fused-ring (bicyclic) bond motifs is 2. The summed E-state index contributed by atoms with van der Waals surface area (Å²) in [5.41, 5.74) is 1.44. The van der Waals surface area contributed by atoms with Gasteiger partial charge < -0.3 is 14.7 Å². The topological polar surface area (TPSA) is 88.0 Å². The van der Waals surface area contributed by atoms with Crippen molar-refractivity contribution in [1.82, 2.24) is 29.7 Å². The van der Waals surface area contributed by atoms with Gasteiger partial charge >= 0.3 is 0 Å². The van der Waals surface area contributed by atoms with Crippen molar-refractivity contribution in [2.24, 2.45) is 0 Å². The molecule has 5 heterocycles. The van der Waals surface area contributed by atoms with Gasteiger partial charge in [-0.15, -0.1) is 0 Å². The fourth-order valence-electron chi connectivity index (χ4n) is 4.97. The number of rotatable bonds is 2. The third-order valence-electron chi connectivity index (χ3n) is 5.73. The maximum atomic E-state index is 14.5. The van der Waals surface area contributed by atoms with Crippen molar-refractivity contribution in [2.45, 2.75) is 64.5 Å². The Balaban J connectivity index is 1.59. The summed E-state index contributed by atoms with van der Waals surface area (Å²) >= 11 is 1.46. The Hall–Kier alpha value is -2.65. The second-order valence-corrected chi connectivity index (χ2v) is 10.8. The van der Waals surface area contributed by atoms with Crippen molar-refractivity contribution >= 4 is 27.3 Å². The number of aromatic nitrogens is 5. The molecule has 0 unspecified atom stereocenters. The predicted octanol–water partition coefficient (Wildman–Crippen LogP) is 4.17. The summed E-state index contributed by atoms with van der Waals surface area (Å²) in [5.74, 6) is 0.111. The molecule has 0 bridgehead atoms. The number of H-pyrrole nitrogens is 1. The van der Waals surface area contributed by atoms with Crippen molar-refractivity contribution in [2.75, 3.05) is 0 Å². The Morgan fingerprint density at radius 1 is 1.13 bits per heavy atom. The van der Waals surface area contributed by atoms with E-state index in [0.717, 1.165) is 17.8 Å². The number of hydrogen-bond acceptors (Lipinski definition) is 6. The molecule has 9 heteroatoms. The zero-order valence-corrected chi connectivity index (χ0v) is 19.0. The van der Waals surface area contributed by atoms with Crippen LogP contribution >= 0.6 is 11.3 Å². The molecule has 0 saturated carbocycles. The molecule has 31 heavy (non-hydrogen) atoms. The van der Waals surface area contributed by atoms with E-state index < -0.39 is 5.82 Å². The molecule has 7 nitrogen and oxygen atoms in total. The van der Waals surface area contributed by atoms with E-state index >= 15 is 0 Å². The number of aromatic amines is 1. The summed E-state index contributed by atoms with van der Waals surface area (Å²) < 4.78 is 16.1. The van der Waals surface area contributed by atoms with Crippen molar-refractivity contribution in [1.29, 1.82) is 0 Å². The zero-order valence-electron chi connectivity index (χ0n) is 18.2. The van der Waals surface area contributed by atoms with Gasteiger partial charge in [0.1, 0.15) is 5.82 Å². The lowest BCUT2D eigenvalue weighted by Crippen LogP contribution is -2.57. The van der Waals surface area contributed by atoms with Gasteiger partial charge in [0.05, 0.1) is 10.7 Å². The van der Waals surface area contributed by atoms with Crippen LogP contribution in [0, 0.1) is 12.7 Å². The summed E-state index contributed by atoms with van der Waals surface area (Å²) in [4.78, 5) is 29.6. The third-order valence-corrected chi connectivity index (χ3v) is 6.84. The molecule has 0 aliphatic carbocycles. The lowest BCUT2D eigenvalue weighted by Gasteiger charge is -2.46. The van der Waals surface area contributed by atoms with Crippen LogP contribution in [0.25, 0.3) is 27.4 Å². The number of imidazole rings is 1. The van der Waals surface area contributed by atoms with Gasteiger partial charge in [-0.3, -0.25) is 4.79 Å². The molecule has 1 saturated heterocycles. The Labute approximate surface area is 182 Å². The summed E-state index contributed by atoms with van der Waals surface area (Å²) in [5, 5.41) is 4.61. The number of nitrogens with one attached hydrogen (secondary N) is 2. The van der Waals surface area contributed by atoms with Crippen LogP contribution in [0.5, 0.6) is 0 Å². The van der Waals surface area contributed by atoms with E-state index in [2.05, 4.69) is 52.9 Å². The maximum Gasteiger partial charge on any atom is 0.278 e. The monoisotopic (exact) mass is 440 g/mol. The van der Waals surface area contributed by atoms with Gasteiger partial charge in [0.2, 0.25) is 0 Å². The molecule has 0 amide bonds. The first-order chi connectivity index (χ1) is 14.5. The van der Waals surface area contributed by atoms with E-state index in [4.69, 9.17) is 0 Å². The average Bonchev–Trinajstić information content (AvgIpc) is 3.22. The predicted molar refractivity (Wildman–Crippen MR) is 120 cm³/mol. The molecule has 5 rings (SSSR count). The van der Waals surface area contributed by atoms with Crippen molar-refractivity contribution in [3.05, 3.63) is 45.3 Å². The molecular formula is C22H25FN6OS. The average molecular weight is 441 g/mol. The van der Waals surface area contributed by atoms with E-state index in [1.54, 1.807) is 23.7 Å². The van der Waals surface area contributed by atoms with Crippen LogP contribution in [0.3, 0.4) is 0 Å². The van der Waals surface area contributed by atoms with Crippen LogP contribution in [0.15, 0.2) is 23.3 Å². The number of halogens is 1. The molecule has 0 radical (unpaired) electrons. The van der Waals surface area contributed by atoms with Gasteiger partial charge in [-0.05, 0) is 53.5 Å². The smallest absolute Gasteiger partial charge is 0.278 e. The summed E-state index contributed by atoms with van der Waals surface area (Å²) in [6.07, 6.45) is 5.33. The lowest BCUT2D eigenvalue weighted by atomic mass is 9.76. The Morgan fingerprint density at radius 2 is 1.84 bits per heavy atom. The van der Waals surface area contributed by atoms with E-state index in [1.165, 1.54) is 17.4 Å². The van der Waals surface area contributed by atoms with Crippen molar-refractivity contribution in [3.63, 3.8) is 0 Å². The summed E-state index contributed by atoms with van der Waals surface area (Å²) in [7, 11) is 0. The van der Waals surface area contributed by atoms with E-state index in [0.29, 0.717) is 27.4 Å². The number of nitrogens with zero attached hydrogens (tertiary/aromatic N) is 4. The van der Waals surface area contributed by atoms with Gasteiger partial charge in [-0.2, -0.15) is 0 Å². The first-order valence-electron chi connectivity index (χ1n) is 10.3. The first-order valence-corrected chi connectivity index (χ1v) is 11.2. The molecule has 4 aromatic rings. The molecule has 1 aliphatic heterocycles. The number of pyridine rings is 1. The van der Waals surface area contributed by atoms with Crippen LogP contribution < -0.4 is 10.9 Å². The molecule has 1 aliphatic rings. The van der Waals surface area contributed by atoms with Crippen LogP contribution in [-0.4, -0.2) is 35.4 Å². The number of thiazole rings is 1. The molecule has 4 aromatic heterocycles. The molecular weight excluding hydrogens is 415 g/mol. The number of hydrogen-bond donors (Lipinski definition) is 2. The van der Waals surface area contributed by atoms with Gasteiger partial charge in [0, 0.05) is 35.0 Å². The first kappa shape index (κ1) is 20.3. The van der Waals surface area contributed by atoms with Crippen LogP contribution in [0.4, 0.5) is 4.39 Å². The molecule has 0 spiro atoms. The number of aryl methyl sites for hydroxylation is 1. The number of piperidine rings is 1. The van der Waals surface area contributed by atoms with Crippen molar-refractivity contribution < 1.29 is 4.39 Å². The van der Waals surface area contributed by atoms with Gasteiger partial charge in [-0.1, -0.05) is 11.3 Å². The third kappa shape index (κ3) is 3.65.